The third-order valence-electron chi connectivity index (χ3n) is 4.66. The van der Waals surface area contributed by atoms with Crippen LogP contribution in [-0.2, 0) is 9.59 Å². The molecule has 102 valence electrons. The molecule has 5 heteroatoms. The SMILES string of the molecule is CC1(C(=O)N2CCC[C@H]2C(=O)NC2(C#N)CC2)CC1. The molecular weight excluding hydrogens is 242 g/mol. The van der Waals surface area contributed by atoms with E-state index in [2.05, 4.69) is 11.4 Å². The smallest absolute Gasteiger partial charge is 0.244 e. The molecule has 3 fully saturated rings. The fourth-order valence-electron chi connectivity index (χ4n) is 2.74. The van der Waals surface area contributed by atoms with Crippen molar-refractivity contribution in [2.75, 3.05) is 6.54 Å². The van der Waals surface area contributed by atoms with Crippen molar-refractivity contribution in [3.63, 3.8) is 0 Å². The van der Waals surface area contributed by atoms with Gasteiger partial charge < -0.3 is 10.2 Å². The number of likely N-dealkylation sites (tertiary alicyclic amines) is 1. The molecule has 0 radical (unpaired) electrons. The van der Waals surface area contributed by atoms with Gasteiger partial charge in [0, 0.05) is 12.0 Å². The van der Waals surface area contributed by atoms with Crippen molar-refractivity contribution in [3.05, 3.63) is 0 Å². The van der Waals surface area contributed by atoms with E-state index < -0.39 is 5.54 Å². The van der Waals surface area contributed by atoms with Crippen LogP contribution in [0, 0.1) is 16.7 Å². The number of hydrogen-bond donors (Lipinski definition) is 1. The monoisotopic (exact) mass is 261 g/mol. The molecule has 1 atom stereocenters. The number of carbonyl (C=O) groups excluding carboxylic acids is 2. The van der Waals surface area contributed by atoms with Crippen LogP contribution in [0.25, 0.3) is 0 Å². The summed E-state index contributed by atoms with van der Waals surface area (Å²) in [5.74, 6) is -0.0268. The van der Waals surface area contributed by atoms with Crippen LogP contribution in [0.3, 0.4) is 0 Å². The molecule has 0 unspecified atom stereocenters. The first-order chi connectivity index (χ1) is 9.00. The lowest BCUT2D eigenvalue weighted by molar-refractivity contribution is -0.142. The molecule has 3 rings (SSSR count). The zero-order valence-electron chi connectivity index (χ0n) is 11.2. The van der Waals surface area contributed by atoms with Gasteiger partial charge in [-0.05, 0) is 38.5 Å². The third-order valence-corrected chi connectivity index (χ3v) is 4.66. The Morgan fingerprint density at radius 1 is 1.32 bits per heavy atom. The molecule has 0 aromatic carbocycles. The van der Waals surface area contributed by atoms with E-state index in [0.717, 1.165) is 38.5 Å². The predicted octanol–water partition coefficient (Wildman–Crippen LogP) is 0.950. The van der Waals surface area contributed by atoms with E-state index in [1.165, 1.54) is 0 Å². The van der Waals surface area contributed by atoms with Gasteiger partial charge in [0.05, 0.1) is 6.07 Å². The molecule has 19 heavy (non-hydrogen) atoms. The van der Waals surface area contributed by atoms with Crippen molar-refractivity contribution in [1.29, 1.82) is 5.26 Å². The van der Waals surface area contributed by atoms with Crippen LogP contribution in [0.4, 0.5) is 0 Å². The Morgan fingerprint density at radius 3 is 2.53 bits per heavy atom. The van der Waals surface area contributed by atoms with Gasteiger partial charge in [-0.3, -0.25) is 9.59 Å². The third kappa shape index (κ3) is 2.09. The number of hydrogen-bond acceptors (Lipinski definition) is 3. The number of nitriles is 1. The number of rotatable bonds is 3. The molecule has 1 aliphatic heterocycles. The standard InChI is InChI=1S/C14H19N3O2/c1-13(4-5-13)12(19)17-8-2-3-10(17)11(18)16-14(9-15)6-7-14/h10H,2-8H2,1H3,(H,16,18)/t10-/m0/s1. The van der Waals surface area contributed by atoms with Crippen LogP contribution < -0.4 is 5.32 Å². The van der Waals surface area contributed by atoms with Gasteiger partial charge in [-0.1, -0.05) is 6.92 Å². The minimum Gasteiger partial charge on any atom is -0.336 e. The van der Waals surface area contributed by atoms with Gasteiger partial charge in [-0.15, -0.1) is 0 Å². The van der Waals surface area contributed by atoms with E-state index in [0.29, 0.717) is 6.54 Å². The van der Waals surface area contributed by atoms with E-state index in [1.54, 1.807) is 4.90 Å². The maximum absolute atomic E-state index is 12.4. The Labute approximate surface area is 112 Å². The van der Waals surface area contributed by atoms with E-state index in [1.807, 2.05) is 6.92 Å². The largest absolute Gasteiger partial charge is 0.336 e. The van der Waals surface area contributed by atoms with E-state index in [9.17, 15) is 9.59 Å². The number of amides is 2. The van der Waals surface area contributed by atoms with Gasteiger partial charge >= 0.3 is 0 Å². The summed E-state index contributed by atoms with van der Waals surface area (Å²) in [5.41, 5.74) is -0.868. The first-order valence-corrected chi connectivity index (χ1v) is 7.04. The lowest BCUT2D eigenvalue weighted by Gasteiger charge is -2.27. The molecule has 0 aromatic rings. The highest BCUT2D eigenvalue weighted by Crippen LogP contribution is 2.47. The van der Waals surface area contributed by atoms with Gasteiger partial charge in [0.25, 0.3) is 0 Å². The van der Waals surface area contributed by atoms with Crippen LogP contribution >= 0.6 is 0 Å². The summed E-state index contributed by atoms with van der Waals surface area (Å²) in [6.07, 6.45) is 4.91. The van der Waals surface area contributed by atoms with Gasteiger partial charge in [0.1, 0.15) is 11.6 Å². The van der Waals surface area contributed by atoms with E-state index in [4.69, 9.17) is 5.26 Å². The van der Waals surface area contributed by atoms with E-state index in [-0.39, 0.29) is 23.3 Å². The quantitative estimate of drug-likeness (QED) is 0.822. The molecule has 2 saturated carbocycles. The molecule has 0 bridgehead atoms. The first kappa shape index (κ1) is 12.5. The molecule has 1 saturated heterocycles. The van der Waals surface area contributed by atoms with E-state index >= 15 is 0 Å². The normalized spacial score (nSPS) is 29.5. The molecule has 5 nitrogen and oxygen atoms in total. The lowest BCUT2D eigenvalue weighted by Crippen LogP contribution is -2.50. The van der Waals surface area contributed by atoms with Gasteiger partial charge in [-0.2, -0.15) is 5.26 Å². The maximum Gasteiger partial charge on any atom is 0.244 e. The van der Waals surface area contributed by atoms with Gasteiger partial charge in [0.15, 0.2) is 0 Å². The Balaban J connectivity index is 1.68. The van der Waals surface area contributed by atoms with Crippen LogP contribution in [0.2, 0.25) is 0 Å². The van der Waals surface area contributed by atoms with Crippen molar-refractivity contribution < 1.29 is 9.59 Å². The first-order valence-electron chi connectivity index (χ1n) is 7.04. The van der Waals surface area contributed by atoms with Crippen molar-refractivity contribution in [2.24, 2.45) is 5.41 Å². The Kier molecular flexibility index (Phi) is 2.60. The van der Waals surface area contributed by atoms with Crippen LogP contribution in [0.1, 0.15) is 45.4 Å². The van der Waals surface area contributed by atoms with Gasteiger partial charge in [0.2, 0.25) is 11.8 Å². The van der Waals surface area contributed by atoms with Crippen LogP contribution in [-0.4, -0.2) is 34.8 Å². The fraction of sp³-hybridized carbons (Fsp3) is 0.786. The molecule has 2 amide bonds. The molecular formula is C14H19N3O2. The zero-order valence-corrected chi connectivity index (χ0v) is 11.2. The Hall–Kier alpha value is -1.57. The molecule has 1 N–H and O–H groups in total. The van der Waals surface area contributed by atoms with Gasteiger partial charge in [-0.25, -0.2) is 0 Å². The highest BCUT2D eigenvalue weighted by molar-refractivity contribution is 5.92. The summed E-state index contributed by atoms with van der Waals surface area (Å²) >= 11 is 0. The fourth-order valence-corrected chi connectivity index (χ4v) is 2.74. The average Bonchev–Trinajstić information content (AvgIpc) is 3.28. The average molecular weight is 261 g/mol. The molecule has 0 aromatic heterocycles. The Bertz CT molecular complexity index is 472. The van der Waals surface area contributed by atoms with Crippen LogP contribution in [0.5, 0.6) is 0 Å². The molecule has 2 aliphatic carbocycles. The lowest BCUT2D eigenvalue weighted by atomic mass is 10.1. The molecule has 1 heterocycles. The number of carbonyl (C=O) groups is 2. The van der Waals surface area contributed by atoms with Crippen molar-refractivity contribution >= 4 is 11.8 Å². The second kappa shape index (κ2) is 3.96. The number of nitrogens with one attached hydrogen (secondary N) is 1. The summed E-state index contributed by atoms with van der Waals surface area (Å²) in [4.78, 5) is 26.4. The second-order valence-corrected chi connectivity index (χ2v) is 6.40. The topological polar surface area (TPSA) is 73.2 Å². The number of nitrogens with zero attached hydrogens (tertiary/aromatic N) is 2. The summed E-state index contributed by atoms with van der Waals surface area (Å²) in [6, 6.07) is 1.79. The van der Waals surface area contributed by atoms with Crippen molar-refractivity contribution in [1.82, 2.24) is 10.2 Å². The highest BCUT2D eigenvalue weighted by atomic mass is 16.2. The minimum atomic E-state index is -0.641. The Morgan fingerprint density at radius 2 is 2.00 bits per heavy atom. The summed E-state index contributed by atoms with van der Waals surface area (Å²) in [6.45, 7) is 2.65. The summed E-state index contributed by atoms with van der Waals surface area (Å²) in [7, 11) is 0. The minimum absolute atomic E-state index is 0.118. The summed E-state index contributed by atoms with van der Waals surface area (Å²) < 4.78 is 0. The van der Waals surface area contributed by atoms with Crippen molar-refractivity contribution in [2.45, 2.75) is 57.0 Å². The van der Waals surface area contributed by atoms with Crippen molar-refractivity contribution in [3.8, 4) is 6.07 Å². The van der Waals surface area contributed by atoms with Crippen LogP contribution in [0.15, 0.2) is 0 Å². The molecule has 0 spiro atoms. The summed E-state index contributed by atoms with van der Waals surface area (Å²) in [5, 5.41) is 11.8. The zero-order chi connectivity index (χ0) is 13.7. The maximum atomic E-state index is 12.4. The second-order valence-electron chi connectivity index (χ2n) is 6.40. The highest BCUT2D eigenvalue weighted by Gasteiger charge is 2.51. The predicted molar refractivity (Wildman–Crippen MR) is 67.8 cm³/mol. The molecule has 3 aliphatic rings.